The lowest BCUT2D eigenvalue weighted by molar-refractivity contribution is -0.116. The molecule has 5 nitrogen and oxygen atoms in total. The van der Waals surface area contributed by atoms with E-state index in [0.29, 0.717) is 11.6 Å². The fourth-order valence-electron chi connectivity index (χ4n) is 3.44. The van der Waals surface area contributed by atoms with Gasteiger partial charge in [0.15, 0.2) is 0 Å². The molecule has 0 aliphatic heterocycles. The standard InChI is InChI=1S/C24H42N4OS/c1-2-3-4-5-6-7-8-9-10-11-12-13-14-15-16-17-22(29)26-24-28-27-23(30-24)25-20-21-18-19-21/h9-10,21H,2-8,11-20H2,1H3,(H,25,27)(H,26,28,29)/b10-9+. The van der Waals surface area contributed by atoms with Crippen LogP contribution in [0.25, 0.3) is 0 Å². The molecule has 1 aliphatic rings. The van der Waals surface area contributed by atoms with E-state index < -0.39 is 0 Å². The molecule has 0 bridgehead atoms. The van der Waals surface area contributed by atoms with Crippen LogP contribution in [0.4, 0.5) is 10.3 Å². The van der Waals surface area contributed by atoms with E-state index in [0.717, 1.165) is 30.4 Å². The lowest BCUT2D eigenvalue weighted by Crippen LogP contribution is -2.10. The fourth-order valence-corrected chi connectivity index (χ4v) is 4.10. The Morgan fingerprint density at radius 1 is 0.900 bits per heavy atom. The van der Waals surface area contributed by atoms with Crippen molar-refractivity contribution in [3.05, 3.63) is 12.2 Å². The third-order valence-electron chi connectivity index (χ3n) is 5.58. The van der Waals surface area contributed by atoms with Gasteiger partial charge in [0.25, 0.3) is 0 Å². The molecule has 1 aliphatic carbocycles. The summed E-state index contributed by atoms with van der Waals surface area (Å²) in [4.78, 5) is 12.0. The van der Waals surface area contributed by atoms with Gasteiger partial charge in [0.1, 0.15) is 0 Å². The Morgan fingerprint density at radius 3 is 2.17 bits per heavy atom. The van der Waals surface area contributed by atoms with Crippen molar-refractivity contribution in [3.8, 4) is 0 Å². The van der Waals surface area contributed by atoms with E-state index in [2.05, 4.69) is 39.9 Å². The third kappa shape index (κ3) is 13.0. The molecule has 2 N–H and O–H groups in total. The van der Waals surface area contributed by atoms with Gasteiger partial charge in [0.05, 0.1) is 0 Å². The summed E-state index contributed by atoms with van der Waals surface area (Å²) in [6.07, 6.45) is 24.4. The molecule has 1 amide bonds. The highest BCUT2D eigenvalue weighted by Crippen LogP contribution is 2.30. The molecule has 1 saturated carbocycles. The third-order valence-corrected chi connectivity index (χ3v) is 6.37. The van der Waals surface area contributed by atoms with Gasteiger partial charge in [-0.1, -0.05) is 81.8 Å². The average Bonchev–Trinajstić information content (AvgIpc) is 3.47. The second kappa shape index (κ2) is 16.3. The van der Waals surface area contributed by atoms with Crippen LogP contribution in [0.5, 0.6) is 0 Å². The monoisotopic (exact) mass is 434 g/mol. The zero-order valence-corrected chi connectivity index (χ0v) is 19.8. The number of carbonyl (C=O) groups excluding carboxylic acids is 1. The highest BCUT2D eigenvalue weighted by Gasteiger charge is 2.21. The number of nitrogens with one attached hydrogen (secondary N) is 2. The highest BCUT2D eigenvalue weighted by atomic mass is 32.1. The van der Waals surface area contributed by atoms with E-state index >= 15 is 0 Å². The number of amides is 1. The van der Waals surface area contributed by atoms with Crippen LogP contribution in [0.15, 0.2) is 12.2 Å². The van der Waals surface area contributed by atoms with Crippen molar-refractivity contribution in [1.29, 1.82) is 0 Å². The van der Waals surface area contributed by atoms with Crippen LogP contribution >= 0.6 is 11.3 Å². The Balaban J connectivity index is 1.35. The van der Waals surface area contributed by atoms with Crippen molar-refractivity contribution in [2.75, 3.05) is 17.2 Å². The predicted octanol–water partition coefficient (Wildman–Crippen LogP) is 7.34. The molecular weight excluding hydrogens is 392 g/mol. The van der Waals surface area contributed by atoms with Gasteiger partial charge in [-0.15, -0.1) is 10.2 Å². The minimum atomic E-state index is 0.0533. The zero-order chi connectivity index (χ0) is 21.3. The molecule has 1 aromatic heterocycles. The van der Waals surface area contributed by atoms with Gasteiger partial charge < -0.3 is 10.6 Å². The summed E-state index contributed by atoms with van der Waals surface area (Å²) in [5.41, 5.74) is 0. The maximum atomic E-state index is 12.0. The van der Waals surface area contributed by atoms with Gasteiger partial charge in [-0.3, -0.25) is 4.79 Å². The number of rotatable bonds is 19. The molecule has 0 saturated heterocycles. The van der Waals surface area contributed by atoms with Crippen molar-refractivity contribution in [2.45, 2.75) is 110 Å². The van der Waals surface area contributed by atoms with Crippen LogP contribution in [-0.2, 0) is 4.79 Å². The topological polar surface area (TPSA) is 66.9 Å². The number of hydrogen-bond donors (Lipinski definition) is 2. The van der Waals surface area contributed by atoms with Crippen LogP contribution in [0.1, 0.15) is 110 Å². The molecule has 0 atom stereocenters. The molecular formula is C24H42N4OS. The van der Waals surface area contributed by atoms with Crippen molar-refractivity contribution < 1.29 is 4.79 Å². The fraction of sp³-hybridized carbons (Fsp3) is 0.792. The minimum Gasteiger partial charge on any atom is -0.360 e. The van der Waals surface area contributed by atoms with Crippen LogP contribution in [0.3, 0.4) is 0 Å². The minimum absolute atomic E-state index is 0.0533. The lowest BCUT2D eigenvalue weighted by Gasteiger charge is -2.02. The number of carbonyl (C=O) groups is 1. The molecule has 1 aromatic rings. The Bertz CT molecular complexity index is 598. The Hall–Kier alpha value is -1.43. The van der Waals surface area contributed by atoms with Crippen molar-refractivity contribution >= 4 is 27.5 Å². The molecule has 1 fully saturated rings. The van der Waals surface area contributed by atoms with E-state index in [1.165, 1.54) is 94.8 Å². The van der Waals surface area contributed by atoms with Crippen molar-refractivity contribution in [2.24, 2.45) is 5.92 Å². The number of hydrogen-bond acceptors (Lipinski definition) is 5. The first-order chi connectivity index (χ1) is 14.8. The van der Waals surface area contributed by atoms with Crippen LogP contribution < -0.4 is 10.6 Å². The number of anilines is 2. The normalized spacial score (nSPS) is 13.8. The van der Waals surface area contributed by atoms with Gasteiger partial charge in [-0.25, -0.2) is 0 Å². The van der Waals surface area contributed by atoms with Crippen LogP contribution in [0.2, 0.25) is 0 Å². The summed E-state index contributed by atoms with van der Waals surface area (Å²) in [6, 6.07) is 0. The van der Waals surface area contributed by atoms with Gasteiger partial charge in [-0.2, -0.15) is 0 Å². The second-order valence-electron chi connectivity index (χ2n) is 8.62. The van der Waals surface area contributed by atoms with E-state index in [4.69, 9.17) is 0 Å². The number of nitrogens with zero attached hydrogens (tertiary/aromatic N) is 2. The average molecular weight is 435 g/mol. The first-order valence-electron chi connectivity index (χ1n) is 12.3. The summed E-state index contributed by atoms with van der Waals surface area (Å²) >= 11 is 1.42. The van der Waals surface area contributed by atoms with Crippen LogP contribution in [0, 0.1) is 5.92 Å². The molecule has 30 heavy (non-hydrogen) atoms. The quantitative estimate of drug-likeness (QED) is 0.177. The molecule has 6 heteroatoms. The Labute approximate surface area is 187 Å². The van der Waals surface area contributed by atoms with Gasteiger partial charge in [-0.05, 0) is 50.9 Å². The van der Waals surface area contributed by atoms with Gasteiger partial charge in [0.2, 0.25) is 16.2 Å². The van der Waals surface area contributed by atoms with Crippen LogP contribution in [-0.4, -0.2) is 22.6 Å². The first-order valence-corrected chi connectivity index (χ1v) is 13.1. The molecule has 0 unspecified atom stereocenters. The maximum absolute atomic E-state index is 12.0. The Morgan fingerprint density at radius 2 is 1.50 bits per heavy atom. The number of aromatic nitrogens is 2. The number of allylic oxidation sites excluding steroid dienone is 2. The van der Waals surface area contributed by atoms with E-state index in [1.54, 1.807) is 0 Å². The van der Waals surface area contributed by atoms with Gasteiger partial charge in [0, 0.05) is 13.0 Å². The molecule has 2 rings (SSSR count). The summed E-state index contributed by atoms with van der Waals surface area (Å²) in [5.74, 6) is 0.852. The number of unbranched alkanes of at least 4 members (excludes halogenated alkanes) is 11. The molecule has 0 radical (unpaired) electrons. The van der Waals surface area contributed by atoms with E-state index in [9.17, 15) is 4.79 Å². The molecule has 0 spiro atoms. The Kier molecular flexibility index (Phi) is 13.5. The highest BCUT2D eigenvalue weighted by molar-refractivity contribution is 7.19. The maximum Gasteiger partial charge on any atom is 0.226 e. The SMILES string of the molecule is CCCCCCCC/C=C/CCCCCCCC(=O)Nc1nnc(NCC2CC2)s1. The van der Waals surface area contributed by atoms with E-state index in [-0.39, 0.29) is 5.91 Å². The smallest absolute Gasteiger partial charge is 0.226 e. The summed E-state index contributed by atoms with van der Waals surface area (Å²) in [7, 11) is 0. The van der Waals surface area contributed by atoms with Gasteiger partial charge >= 0.3 is 0 Å². The summed E-state index contributed by atoms with van der Waals surface area (Å²) < 4.78 is 0. The molecule has 0 aromatic carbocycles. The summed E-state index contributed by atoms with van der Waals surface area (Å²) in [5, 5.41) is 15.7. The molecule has 1 heterocycles. The second-order valence-corrected chi connectivity index (χ2v) is 9.60. The molecule has 170 valence electrons. The van der Waals surface area contributed by atoms with E-state index in [1.807, 2.05) is 0 Å². The predicted molar refractivity (Wildman–Crippen MR) is 129 cm³/mol. The summed E-state index contributed by atoms with van der Waals surface area (Å²) in [6.45, 7) is 3.24. The first kappa shape index (κ1) is 24.8. The largest absolute Gasteiger partial charge is 0.360 e. The lowest BCUT2D eigenvalue weighted by atomic mass is 10.1. The van der Waals surface area contributed by atoms with Crippen molar-refractivity contribution in [3.63, 3.8) is 0 Å². The van der Waals surface area contributed by atoms with Crippen molar-refractivity contribution in [1.82, 2.24) is 10.2 Å². The zero-order valence-electron chi connectivity index (χ0n) is 19.0.